The Kier molecular flexibility index (Phi) is 7.33. The van der Waals surface area contributed by atoms with Crippen LogP contribution in [0.15, 0.2) is 40.2 Å². The van der Waals surface area contributed by atoms with Crippen LogP contribution in [0, 0.1) is 13.8 Å². The third-order valence-electron chi connectivity index (χ3n) is 7.53. The Morgan fingerprint density at radius 1 is 1.12 bits per heavy atom. The van der Waals surface area contributed by atoms with Crippen LogP contribution < -0.4 is 16.1 Å². The summed E-state index contributed by atoms with van der Waals surface area (Å²) in [6.45, 7) is 10.4. The number of rotatable bonds is 4. The molecule has 41 heavy (non-hydrogen) atoms. The number of carboxylic acid groups (broad SMARTS) is 1. The van der Waals surface area contributed by atoms with Crippen LogP contribution in [0.1, 0.15) is 43.5 Å². The molecule has 0 aromatic carbocycles. The number of amides is 1. The number of hydrogen-bond acceptors (Lipinski definition) is 7. The first kappa shape index (κ1) is 28.3. The Morgan fingerprint density at radius 3 is 2.49 bits per heavy atom. The highest BCUT2D eigenvalue weighted by molar-refractivity contribution is 6.33. The van der Waals surface area contributed by atoms with Crippen molar-refractivity contribution in [2.45, 2.75) is 46.6 Å². The fourth-order valence-electron chi connectivity index (χ4n) is 5.47. The van der Waals surface area contributed by atoms with Gasteiger partial charge in [-0.3, -0.25) is 9.78 Å². The van der Waals surface area contributed by atoms with E-state index in [0.29, 0.717) is 50.9 Å². The molecule has 1 aliphatic heterocycles. The van der Waals surface area contributed by atoms with Gasteiger partial charge < -0.3 is 19.5 Å². The van der Waals surface area contributed by atoms with Gasteiger partial charge in [-0.2, -0.15) is 4.98 Å². The van der Waals surface area contributed by atoms with Gasteiger partial charge in [0.1, 0.15) is 5.82 Å². The molecule has 0 saturated carbocycles. The van der Waals surface area contributed by atoms with Gasteiger partial charge >= 0.3 is 11.8 Å². The second-order valence-electron chi connectivity index (χ2n) is 10.9. The molecule has 214 valence electrons. The van der Waals surface area contributed by atoms with E-state index in [-0.39, 0.29) is 30.6 Å². The minimum Gasteiger partial charge on any atom is -0.465 e. The minimum absolute atomic E-state index is 0.00807. The van der Waals surface area contributed by atoms with E-state index in [2.05, 4.69) is 9.97 Å². The first-order chi connectivity index (χ1) is 19.4. The lowest BCUT2D eigenvalue weighted by atomic mass is 10.0. The Labute approximate surface area is 241 Å². The van der Waals surface area contributed by atoms with Crippen LogP contribution in [0.4, 0.5) is 10.6 Å². The zero-order chi connectivity index (χ0) is 29.7. The predicted molar refractivity (Wildman–Crippen MR) is 159 cm³/mol. The van der Waals surface area contributed by atoms with Crippen LogP contribution in [-0.2, 0) is 7.05 Å². The number of hydrogen-bond donors (Lipinski definition) is 1. The Morgan fingerprint density at radius 2 is 1.85 bits per heavy atom. The standard InChI is InChI=1S/C29H32ClN7O4/c1-15(2)22-24(16(3)7-8-31-22)37-26-20(12-21(30)23(32-26)19-11-17(4)27(38)34(6)14-19)25(33-28(37)39)36-10-9-35(29(40)41)13-18(36)5/h7-8,11-12,14-15,18H,9-10,13H2,1-6H3,(H,40,41)/t18-/m0/s1. The smallest absolute Gasteiger partial charge is 0.407 e. The summed E-state index contributed by atoms with van der Waals surface area (Å²) in [6, 6.07) is 5.07. The van der Waals surface area contributed by atoms with Crippen LogP contribution in [0.2, 0.25) is 5.02 Å². The molecule has 0 spiro atoms. The highest BCUT2D eigenvalue weighted by atomic mass is 35.5. The zero-order valence-electron chi connectivity index (χ0n) is 23.8. The maximum absolute atomic E-state index is 14.0. The molecule has 5 heterocycles. The molecule has 4 aromatic rings. The number of piperazine rings is 1. The maximum atomic E-state index is 14.0. The van der Waals surface area contributed by atoms with E-state index >= 15 is 0 Å². The van der Waals surface area contributed by atoms with Crippen LogP contribution in [0.3, 0.4) is 0 Å². The highest BCUT2D eigenvalue weighted by Crippen LogP contribution is 2.35. The monoisotopic (exact) mass is 577 g/mol. The first-order valence-corrected chi connectivity index (χ1v) is 13.8. The number of nitrogens with zero attached hydrogens (tertiary/aromatic N) is 7. The van der Waals surface area contributed by atoms with Crippen molar-refractivity contribution in [1.29, 1.82) is 0 Å². The molecule has 0 unspecified atom stereocenters. The van der Waals surface area contributed by atoms with E-state index in [1.807, 2.05) is 38.7 Å². The lowest BCUT2D eigenvalue weighted by Crippen LogP contribution is -2.54. The quantitative estimate of drug-likeness (QED) is 0.384. The molecule has 0 aliphatic carbocycles. The van der Waals surface area contributed by atoms with Gasteiger partial charge in [0.25, 0.3) is 5.56 Å². The average Bonchev–Trinajstić information content (AvgIpc) is 2.91. The molecular formula is C29H32ClN7O4. The lowest BCUT2D eigenvalue weighted by Gasteiger charge is -2.39. The van der Waals surface area contributed by atoms with Crippen LogP contribution >= 0.6 is 11.6 Å². The predicted octanol–water partition coefficient (Wildman–Crippen LogP) is 4.12. The molecule has 11 nitrogen and oxygen atoms in total. The number of aryl methyl sites for hydroxylation is 3. The topological polar surface area (TPSA) is 126 Å². The van der Waals surface area contributed by atoms with Crippen molar-refractivity contribution in [2.24, 2.45) is 7.05 Å². The lowest BCUT2D eigenvalue weighted by molar-refractivity contribution is 0.136. The van der Waals surface area contributed by atoms with Gasteiger partial charge in [-0.05, 0) is 50.5 Å². The zero-order valence-corrected chi connectivity index (χ0v) is 24.6. The Hall–Kier alpha value is -4.25. The normalized spacial score (nSPS) is 15.7. The number of aromatic nitrogens is 5. The SMILES string of the molecule is Cc1ccnc(C(C)C)c1-n1c(=O)nc(N2CCN(C(=O)O)C[C@@H]2C)c2cc(Cl)c(-c3cc(C)c(=O)n(C)c3)nc21. The van der Waals surface area contributed by atoms with E-state index < -0.39 is 11.8 Å². The molecule has 1 aliphatic rings. The van der Waals surface area contributed by atoms with Crippen LogP contribution in [-0.4, -0.2) is 65.9 Å². The van der Waals surface area contributed by atoms with E-state index in [4.69, 9.17) is 16.6 Å². The number of halogens is 1. The van der Waals surface area contributed by atoms with Crippen LogP contribution in [0.5, 0.6) is 0 Å². The van der Waals surface area contributed by atoms with Gasteiger partial charge in [0.2, 0.25) is 0 Å². The van der Waals surface area contributed by atoms with Crippen molar-refractivity contribution in [2.75, 3.05) is 24.5 Å². The van der Waals surface area contributed by atoms with Gasteiger partial charge in [-0.15, -0.1) is 0 Å². The third kappa shape index (κ3) is 4.94. The van der Waals surface area contributed by atoms with E-state index in [9.17, 15) is 19.5 Å². The number of anilines is 1. The van der Waals surface area contributed by atoms with Crippen molar-refractivity contribution in [3.05, 3.63) is 73.3 Å². The van der Waals surface area contributed by atoms with Gasteiger partial charge in [0, 0.05) is 56.2 Å². The molecule has 1 fully saturated rings. The molecule has 0 bridgehead atoms. The second kappa shape index (κ2) is 10.6. The molecule has 1 N–H and O–H groups in total. The highest BCUT2D eigenvalue weighted by Gasteiger charge is 2.31. The van der Waals surface area contributed by atoms with E-state index in [1.54, 1.807) is 38.5 Å². The third-order valence-corrected chi connectivity index (χ3v) is 7.82. The molecule has 1 atom stereocenters. The summed E-state index contributed by atoms with van der Waals surface area (Å²) < 4.78 is 2.97. The summed E-state index contributed by atoms with van der Waals surface area (Å²) in [6.07, 6.45) is 2.40. The Bertz CT molecular complexity index is 1790. The molecule has 5 rings (SSSR count). The van der Waals surface area contributed by atoms with Crippen molar-refractivity contribution in [3.63, 3.8) is 0 Å². The second-order valence-corrected chi connectivity index (χ2v) is 11.3. The first-order valence-electron chi connectivity index (χ1n) is 13.4. The summed E-state index contributed by atoms with van der Waals surface area (Å²) in [4.78, 5) is 55.3. The Balaban J connectivity index is 1.85. The molecular weight excluding hydrogens is 546 g/mol. The maximum Gasteiger partial charge on any atom is 0.407 e. The summed E-state index contributed by atoms with van der Waals surface area (Å²) in [5.74, 6) is 0.401. The number of fused-ring (bicyclic) bond motifs is 1. The van der Waals surface area contributed by atoms with Gasteiger partial charge in [0.15, 0.2) is 5.65 Å². The van der Waals surface area contributed by atoms with E-state index in [1.165, 1.54) is 14.0 Å². The van der Waals surface area contributed by atoms with Crippen molar-refractivity contribution >= 4 is 34.5 Å². The fraction of sp³-hybridized carbons (Fsp3) is 0.379. The summed E-state index contributed by atoms with van der Waals surface area (Å²) in [5.41, 5.74) is 3.43. The van der Waals surface area contributed by atoms with Gasteiger partial charge in [0.05, 0.1) is 27.5 Å². The molecule has 1 saturated heterocycles. The number of pyridine rings is 3. The summed E-state index contributed by atoms with van der Waals surface area (Å²) >= 11 is 6.86. The average molecular weight is 578 g/mol. The van der Waals surface area contributed by atoms with Crippen LogP contribution in [0.25, 0.3) is 28.0 Å². The molecule has 1 amide bonds. The van der Waals surface area contributed by atoms with E-state index in [0.717, 1.165) is 11.3 Å². The molecule has 4 aromatic heterocycles. The van der Waals surface area contributed by atoms with Crippen molar-refractivity contribution in [3.8, 4) is 16.9 Å². The number of carbonyl (C=O) groups is 1. The fourth-order valence-corrected chi connectivity index (χ4v) is 5.73. The van der Waals surface area contributed by atoms with Gasteiger partial charge in [-0.25, -0.2) is 19.1 Å². The minimum atomic E-state index is -0.986. The molecule has 12 heteroatoms. The van der Waals surface area contributed by atoms with Crippen molar-refractivity contribution < 1.29 is 9.90 Å². The summed E-state index contributed by atoms with van der Waals surface area (Å²) in [5, 5.41) is 10.4. The van der Waals surface area contributed by atoms with Gasteiger partial charge in [-0.1, -0.05) is 25.4 Å². The van der Waals surface area contributed by atoms with Crippen molar-refractivity contribution in [1.82, 2.24) is 29.0 Å². The molecule has 0 radical (unpaired) electrons. The largest absolute Gasteiger partial charge is 0.465 e. The summed E-state index contributed by atoms with van der Waals surface area (Å²) in [7, 11) is 1.66.